The van der Waals surface area contributed by atoms with Gasteiger partial charge < -0.3 is 10.4 Å². The molecule has 0 fully saturated rings. The minimum Gasteiger partial charge on any atom is -0.396 e. The number of nitrogens with one attached hydrogen (secondary N) is 1. The summed E-state index contributed by atoms with van der Waals surface area (Å²) in [5, 5.41) is 11.4. The molecule has 0 aromatic rings. The van der Waals surface area contributed by atoms with Gasteiger partial charge in [0.1, 0.15) is 0 Å². The fourth-order valence-corrected chi connectivity index (χ4v) is 0.653. The molecule has 3 nitrogen and oxygen atoms in total. The molecule has 0 heterocycles. The van der Waals surface area contributed by atoms with Gasteiger partial charge in [-0.15, -0.1) is 0 Å². The first-order chi connectivity index (χ1) is 5.56. The second-order valence-electron chi connectivity index (χ2n) is 3.25. The third-order valence-electron chi connectivity index (χ3n) is 1.36. The second-order valence-corrected chi connectivity index (χ2v) is 3.25. The van der Waals surface area contributed by atoms with Crippen LogP contribution in [0, 0.1) is 5.92 Å². The van der Waals surface area contributed by atoms with E-state index in [9.17, 15) is 4.79 Å². The highest BCUT2D eigenvalue weighted by Gasteiger charge is 2.01. The van der Waals surface area contributed by atoms with E-state index in [1.165, 1.54) is 0 Å². The average Bonchev–Trinajstić information content (AvgIpc) is 1.99. The smallest absolute Gasteiger partial charge is 0.243 e. The Labute approximate surface area is 73.5 Å². The number of hydrogen-bond acceptors (Lipinski definition) is 2. The van der Waals surface area contributed by atoms with E-state index < -0.39 is 0 Å². The van der Waals surface area contributed by atoms with Gasteiger partial charge in [-0.2, -0.15) is 0 Å². The Morgan fingerprint density at radius 3 is 2.58 bits per heavy atom. The number of aliphatic hydroxyl groups is 1. The number of carbonyl (C=O) groups excluding carboxylic acids is 1. The maximum absolute atomic E-state index is 11.0. The molecule has 0 rings (SSSR count). The number of amides is 1. The number of aliphatic hydroxyl groups excluding tert-OH is 1. The lowest BCUT2D eigenvalue weighted by Gasteiger charge is -2.07. The van der Waals surface area contributed by atoms with Crippen molar-refractivity contribution in [1.82, 2.24) is 5.32 Å². The molecule has 1 atom stereocenters. The van der Waals surface area contributed by atoms with E-state index in [1.54, 1.807) is 6.08 Å². The Morgan fingerprint density at radius 2 is 2.17 bits per heavy atom. The number of allylic oxidation sites excluding steroid dienone is 1. The number of rotatable bonds is 4. The van der Waals surface area contributed by atoms with Crippen molar-refractivity contribution in [2.24, 2.45) is 5.92 Å². The van der Waals surface area contributed by atoms with Crippen molar-refractivity contribution in [3.8, 4) is 0 Å². The first kappa shape index (κ1) is 11.2. The Morgan fingerprint density at radius 1 is 1.58 bits per heavy atom. The van der Waals surface area contributed by atoms with E-state index in [-0.39, 0.29) is 18.4 Å². The Balaban J connectivity index is 3.65. The highest BCUT2D eigenvalue weighted by atomic mass is 16.3. The van der Waals surface area contributed by atoms with Crippen LogP contribution in [0.15, 0.2) is 11.6 Å². The van der Waals surface area contributed by atoms with Gasteiger partial charge in [0.2, 0.25) is 5.91 Å². The van der Waals surface area contributed by atoms with E-state index in [0.29, 0.717) is 6.54 Å². The standard InChI is InChI=1S/C9H17NO2/c1-7(2)4-9(12)10-5-8(3)6-11/h4,8,11H,5-6H2,1-3H3,(H,10,12). The molecule has 2 N–H and O–H groups in total. The van der Waals surface area contributed by atoms with Crippen molar-refractivity contribution in [2.75, 3.05) is 13.2 Å². The Hall–Kier alpha value is -0.830. The minimum absolute atomic E-state index is 0.0877. The molecule has 0 aromatic carbocycles. The van der Waals surface area contributed by atoms with E-state index in [2.05, 4.69) is 5.32 Å². The summed E-state index contributed by atoms with van der Waals surface area (Å²) in [4.78, 5) is 11.0. The summed E-state index contributed by atoms with van der Waals surface area (Å²) in [5.74, 6) is 0.0369. The monoisotopic (exact) mass is 171 g/mol. The Kier molecular flexibility index (Phi) is 5.37. The highest BCUT2D eigenvalue weighted by molar-refractivity contribution is 5.87. The quantitative estimate of drug-likeness (QED) is 0.612. The molecule has 0 radical (unpaired) electrons. The maximum atomic E-state index is 11.0. The molecular formula is C9H17NO2. The van der Waals surface area contributed by atoms with Crippen LogP contribution in [0.1, 0.15) is 20.8 Å². The fourth-order valence-electron chi connectivity index (χ4n) is 0.653. The molecule has 0 saturated heterocycles. The first-order valence-electron chi connectivity index (χ1n) is 4.10. The van der Waals surface area contributed by atoms with Crippen molar-refractivity contribution in [3.63, 3.8) is 0 Å². The summed E-state index contributed by atoms with van der Waals surface area (Å²) in [5.41, 5.74) is 0.976. The fraction of sp³-hybridized carbons (Fsp3) is 0.667. The van der Waals surface area contributed by atoms with Gasteiger partial charge in [0.05, 0.1) is 0 Å². The molecule has 0 aromatic heterocycles. The summed E-state index contributed by atoms with van der Waals surface area (Å²) < 4.78 is 0. The molecule has 0 aliphatic carbocycles. The zero-order valence-corrected chi connectivity index (χ0v) is 7.92. The summed E-state index contributed by atoms with van der Waals surface area (Å²) >= 11 is 0. The SMILES string of the molecule is CC(C)=CC(=O)NCC(C)CO. The van der Waals surface area contributed by atoms with Crippen LogP contribution in [0.5, 0.6) is 0 Å². The van der Waals surface area contributed by atoms with Gasteiger partial charge in [0.15, 0.2) is 0 Å². The number of carbonyl (C=O) groups is 1. The van der Waals surface area contributed by atoms with Gasteiger partial charge in [-0.25, -0.2) is 0 Å². The van der Waals surface area contributed by atoms with Crippen LogP contribution in [-0.2, 0) is 4.79 Å². The third kappa shape index (κ3) is 5.92. The first-order valence-corrected chi connectivity index (χ1v) is 4.10. The van der Waals surface area contributed by atoms with Gasteiger partial charge in [-0.05, 0) is 19.8 Å². The predicted octanol–water partition coefficient (Wildman–Crippen LogP) is 0.697. The van der Waals surface area contributed by atoms with Gasteiger partial charge in [-0.1, -0.05) is 12.5 Å². The molecule has 1 amide bonds. The van der Waals surface area contributed by atoms with Crippen molar-refractivity contribution in [1.29, 1.82) is 0 Å². The predicted molar refractivity (Wildman–Crippen MR) is 48.7 cm³/mol. The van der Waals surface area contributed by atoms with Crippen LogP contribution in [-0.4, -0.2) is 24.2 Å². The zero-order chi connectivity index (χ0) is 9.56. The van der Waals surface area contributed by atoms with Crippen LogP contribution in [0.4, 0.5) is 0 Å². The summed E-state index contributed by atoms with van der Waals surface area (Å²) in [7, 11) is 0. The maximum Gasteiger partial charge on any atom is 0.243 e. The van der Waals surface area contributed by atoms with Crippen LogP contribution in [0.3, 0.4) is 0 Å². The molecule has 1 unspecified atom stereocenters. The van der Waals surface area contributed by atoms with E-state index in [1.807, 2.05) is 20.8 Å². The van der Waals surface area contributed by atoms with Crippen LogP contribution >= 0.6 is 0 Å². The highest BCUT2D eigenvalue weighted by Crippen LogP contribution is 1.91. The van der Waals surface area contributed by atoms with Crippen molar-refractivity contribution in [2.45, 2.75) is 20.8 Å². The second kappa shape index (κ2) is 5.77. The minimum atomic E-state index is -0.0877. The summed E-state index contributed by atoms with van der Waals surface area (Å²) in [6.07, 6.45) is 1.55. The molecular weight excluding hydrogens is 154 g/mol. The number of hydrogen-bond donors (Lipinski definition) is 2. The van der Waals surface area contributed by atoms with Crippen molar-refractivity contribution in [3.05, 3.63) is 11.6 Å². The van der Waals surface area contributed by atoms with Crippen LogP contribution < -0.4 is 5.32 Å². The van der Waals surface area contributed by atoms with Crippen molar-refractivity contribution < 1.29 is 9.90 Å². The topological polar surface area (TPSA) is 49.3 Å². The Bertz CT molecular complexity index is 171. The summed E-state index contributed by atoms with van der Waals surface area (Å²) in [6.45, 7) is 6.25. The van der Waals surface area contributed by atoms with Crippen molar-refractivity contribution >= 4 is 5.91 Å². The van der Waals surface area contributed by atoms with E-state index >= 15 is 0 Å². The normalized spacial score (nSPS) is 12.0. The molecule has 0 saturated carbocycles. The molecule has 0 spiro atoms. The van der Waals surface area contributed by atoms with Gasteiger partial charge in [0, 0.05) is 19.2 Å². The lowest BCUT2D eigenvalue weighted by atomic mass is 10.2. The molecule has 3 heteroatoms. The molecule has 0 aliphatic rings. The van der Waals surface area contributed by atoms with Crippen LogP contribution in [0.25, 0.3) is 0 Å². The molecule has 0 bridgehead atoms. The van der Waals surface area contributed by atoms with E-state index in [4.69, 9.17) is 5.11 Å². The molecule has 70 valence electrons. The van der Waals surface area contributed by atoms with Gasteiger partial charge in [0.25, 0.3) is 0 Å². The van der Waals surface area contributed by atoms with Gasteiger partial charge in [-0.3, -0.25) is 4.79 Å². The summed E-state index contributed by atoms with van der Waals surface area (Å²) in [6, 6.07) is 0. The molecule has 12 heavy (non-hydrogen) atoms. The molecule has 0 aliphatic heterocycles. The third-order valence-corrected chi connectivity index (χ3v) is 1.36. The van der Waals surface area contributed by atoms with E-state index in [0.717, 1.165) is 5.57 Å². The average molecular weight is 171 g/mol. The van der Waals surface area contributed by atoms with Gasteiger partial charge >= 0.3 is 0 Å². The largest absolute Gasteiger partial charge is 0.396 e. The lowest BCUT2D eigenvalue weighted by molar-refractivity contribution is -0.116. The zero-order valence-electron chi connectivity index (χ0n) is 7.92. The lowest BCUT2D eigenvalue weighted by Crippen LogP contribution is -2.28. The van der Waals surface area contributed by atoms with Crippen LogP contribution in [0.2, 0.25) is 0 Å².